The maximum atomic E-state index is 12.2. The van der Waals surface area contributed by atoms with Crippen LogP contribution in [0, 0.1) is 0 Å². The van der Waals surface area contributed by atoms with Crippen LogP contribution in [0.15, 0.2) is 54.9 Å². The van der Waals surface area contributed by atoms with Crippen molar-refractivity contribution < 1.29 is 23.8 Å². The zero-order valence-corrected chi connectivity index (χ0v) is 15.7. The van der Waals surface area contributed by atoms with Crippen LogP contribution in [0.3, 0.4) is 0 Å². The molecule has 2 amide bonds. The van der Waals surface area contributed by atoms with Crippen LogP contribution in [0.4, 0.5) is 10.5 Å². The Hall–Kier alpha value is -4.01. The Morgan fingerprint density at radius 3 is 2.76 bits per heavy atom. The smallest absolute Gasteiger partial charge is 0.412 e. The van der Waals surface area contributed by atoms with Gasteiger partial charge in [0.1, 0.15) is 18.1 Å². The standard InChI is InChI=1S/C20H20N4O5/c1-27-16-4-2-3-13(7-16)11-29-20(26)24-17-6-5-14(15-9-22-23-10-15)8-18(17)28-12-19(21)25/h2-10H,11-12H2,1H3,(H2,21,25)(H,22,23)(H,24,26). The summed E-state index contributed by atoms with van der Waals surface area (Å²) in [5.74, 6) is 0.314. The number of hydrogen-bond donors (Lipinski definition) is 3. The molecule has 0 aliphatic rings. The summed E-state index contributed by atoms with van der Waals surface area (Å²) in [6, 6.07) is 12.3. The second kappa shape index (κ2) is 9.27. The molecule has 0 aliphatic carbocycles. The van der Waals surface area contributed by atoms with Gasteiger partial charge in [-0.1, -0.05) is 18.2 Å². The number of amides is 2. The van der Waals surface area contributed by atoms with Gasteiger partial charge in [0.05, 0.1) is 19.0 Å². The van der Waals surface area contributed by atoms with E-state index >= 15 is 0 Å². The number of aromatic amines is 1. The highest BCUT2D eigenvalue weighted by Crippen LogP contribution is 2.31. The molecule has 1 aromatic heterocycles. The van der Waals surface area contributed by atoms with Crippen molar-refractivity contribution in [3.05, 3.63) is 60.4 Å². The predicted molar refractivity (Wildman–Crippen MR) is 106 cm³/mol. The van der Waals surface area contributed by atoms with E-state index in [1.54, 1.807) is 55.9 Å². The molecule has 0 atom stereocenters. The van der Waals surface area contributed by atoms with Crippen molar-refractivity contribution in [1.29, 1.82) is 0 Å². The van der Waals surface area contributed by atoms with Crippen LogP contribution < -0.4 is 20.5 Å². The van der Waals surface area contributed by atoms with E-state index in [1.165, 1.54) is 0 Å². The number of benzene rings is 2. The van der Waals surface area contributed by atoms with E-state index in [1.807, 2.05) is 6.07 Å². The van der Waals surface area contributed by atoms with Gasteiger partial charge in [-0.05, 0) is 35.4 Å². The average Bonchev–Trinajstić information content (AvgIpc) is 3.26. The summed E-state index contributed by atoms with van der Waals surface area (Å²) in [5, 5.41) is 9.23. The van der Waals surface area contributed by atoms with Crippen molar-refractivity contribution in [3.8, 4) is 22.6 Å². The molecule has 9 nitrogen and oxygen atoms in total. The third-order valence-electron chi connectivity index (χ3n) is 3.92. The average molecular weight is 396 g/mol. The minimum absolute atomic E-state index is 0.0631. The molecular weight excluding hydrogens is 376 g/mol. The Morgan fingerprint density at radius 1 is 1.17 bits per heavy atom. The zero-order chi connectivity index (χ0) is 20.6. The maximum absolute atomic E-state index is 12.2. The molecule has 0 fully saturated rings. The summed E-state index contributed by atoms with van der Waals surface area (Å²) < 4.78 is 15.8. The fourth-order valence-electron chi connectivity index (χ4n) is 2.54. The molecule has 1 heterocycles. The Kier molecular flexibility index (Phi) is 6.31. The molecule has 0 radical (unpaired) electrons. The van der Waals surface area contributed by atoms with Crippen LogP contribution in [0.25, 0.3) is 11.1 Å². The highest BCUT2D eigenvalue weighted by atomic mass is 16.5. The molecule has 150 valence electrons. The molecule has 0 aliphatic heterocycles. The van der Waals surface area contributed by atoms with E-state index < -0.39 is 12.0 Å². The number of hydrogen-bond acceptors (Lipinski definition) is 6. The Balaban J connectivity index is 1.70. The van der Waals surface area contributed by atoms with Crippen molar-refractivity contribution in [2.24, 2.45) is 5.73 Å². The van der Waals surface area contributed by atoms with Gasteiger partial charge in [0.25, 0.3) is 5.91 Å². The first-order valence-electron chi connectivity index (χ1n) is 8.66. The fourth-order valence-corrected chi connectivity index (χ4v) is 2.54. The van der Waals surface area contributed by atoms with E-state index in [4.69, 9.17) is 19.9 Å². The lowest BCUT2D eigenvalue weighted by molar-refractivity contribution is -0.119. The number of nitrogens with zero attached hydrogens (tertiary/aromatic N) is 1. The van der Waals surface area contributed by atoms with Crippen molar-refractivity contribution in [3.63, 3.8) is 0 Å². The van der Waals surface area contributed by atoms with Crippen LogP contribution in [0.2, 0.25) is 0 Å². The monoisotopic (exact) mass is 396 g/mol. The van der Waals surface area contributed by atoms with E-state index in [2.05, 4.69) is 15.5 Å². The maximum Gasteiger partial charge on any atom is 0.412 e. The van der Waals surface area contributed by atoms with Crippen molar-refractivity contribution >= 4 is 17.7 Å². The SMILES string of the molecule is COc1cccc(COC(=O)Nc2ccc(-c3cn[nH]c3)cc2OCC(N)=O)c1. The molecule has 0 saturated carbocycles. The van der Waals surface area contributed by atoms with Gasteiger partial charge in [-0.15, -0.1) is 0 Å². The summed E-state index contributed by atoms with van der Waals surface area (Å²) in [7, 11) is 1.56. The normalized spacial score (nSPS) is 10.2. The van der Waals surface area contributed by atoms with Gasteiger partial charge in [0.2, 0.25) is 0 Å². The molecule has 0 spiro atoms. The van der Waals surface area contributed by atoms with Gasteiger partial charge in [-0.25, -0.2) is 4.79 Å². The molecule has 0 unspecified atom stereocenters. The van der Waals surface area contributed by atoms with Crippen molar-refractivity contribution in [1.82, 2.24) is 10.2 Å². The quantitative estimate of drug-likeness (QED) is 0.537. The first-order valence-corrected chi connectivity index (χ1v) is 8.66. The molecule has 4 N–H and O–H groups in total. The summed E-state index contributed by atoms with van der Waals surface area (Å²) in [6.45, 7) is -0.268. The summed E-state index contributed by atoms with van der Waals surface area (Å²) in [4.78, 5) is 23.3. The molecular formula is C20H20N4O5. The number of methoxy groups -OCH3 is 1. The zero-order valence-electron chi connectivity index (χ0n) is 15.7. The predicted octanol–water partition coefficient (Wildman–Crippen LogP) is 2.70. The lowest BCUT2D eigenvalue weighted by Crippen LogP contribution is -2.21. The van der Waals surface area contributed by atoms with Gasteiger partial charge >= 0.3 is 6.09 Å². The lowest BCUT2D eigenvalue weighted by atomic mass is 10.1. The number of ether oxygens (including phenoxy) is 3. The summed E-state index contributed by atoms with van der Waals surface area (Å²) in [5.41, 5.74) is 7.88. The number of H-pyrrole nitrogens is 1. The van der Waals surface area contributed by atoms with Crippen LogP contribution >= 0.6 is 0 Å². The number of carbonyl (C=O) groups excluding carboxylic acids is 2. The third kappa shape index (κ3) is 5.48. The van der Waals surface area contributed by atoms with Crippen LogP contribution in [0.5, 0.6) is 11.5 Å². The lowest BCUT2D eigenvalue weighted by Gasteiger charge is -2.13. The first-order chi connectivity index (χ1) is 14.0. The van der Waals surface area contributed by atoms with Gasteiger partial charge in [0.15, 0.2) is 6.61 Å². The van der Waals surface area contributed by atoms with Crippen molar-refractivity contribution in [2.45, 2.75) is 6.61 Å². The topological polar surface area (TPSA) is 129 Å². The molecule has 3 rings (SSSR count). The van der Waals surface area contributed by atoms with E-state index in [0.717, 1.165) is 16.7 Å². The second-order valence-electron chi connectivity index (χ2n) is 6.01. The first kappa shape index (κ1) is 19.7. The van der Waals surface area contributed by atoms with Crippen LogP contribution in [-0.2, 0) is 16.1 Å². The third-order valence-corrected chi connectivity index (χ3v) is 3.92. The largest absolute Gasteiger partial charge is 0.497 e. The van der Waals surface area contributed by atoms with E-state index in [0.29, 0.717) is 11.4 Å². The number of nitrogens with two attached hydrogens (primary N) is 1. The minimum atomic E-state index is -0.673. The Bertz CT molecular complexity index is 988. The highest BCUT2D eigenvalue weighted by molar-refractivity contribution is 5.88. The Morgan fingerprint density at radius 2 is 2.03 bits per heavy atom. The Labute approximate surface area is 166 Å². The molecule has 9 heteroatoms. The summed E-state index contributed by atoms with van der Waals surface area (Å²) >= 11 is 0. The molecule has 3 aromatic rings. The van der Waals surface area contributed by atoms with Gasteiger partial charge in [-0.3, -0.25) is 15.2 Å². The number of primary amides is 1. The van der Waals surface area contributed by atoms with Gasteiger partial charge < -0.3 is 19.9 Å². The van der Waals surface area contributed by atoms with E-state index in [9.17, 15) is 9.59 Å². The van der Waals surface area contributed by atoms with E-state index in [-0.39, 0.29) is 19.0 Å². The molecule has 0 bridgehead atoms. The van der Waals surface area contributed by atoms with Crippen LogP contribution in [0.1, 0.15) is 5.56 Å². The second-order valence-corrected chi connectivity index (χ2v) is 6.01. The molecule has 29 heavy (non-hydrogen) atoms. The number of aromatic nitrogens is 2. The van der Waals surface area contributed by atoms with Gasteiger partial charge in [0, 0.05) is 11.8 Å². The van der Waals surface area contributed by atoms with Crippen molar-refractivity contribution in [2.75, 3.05) is 19.0 Å². The molecule has 0 saturated heterocycles. The number of rotatable bonds is 8. The number of anilines is 1. The van der Waals surface area contributed by atoms with Gasteiger partial charge in [-0.2, -0.15) is 5.10 Å². The minimum Gasteiger partial charge on any atom is -0.497 e. The van der Waals surface area contributed by atoms with Crippen LogP contribution in [-0.4, -0.2) is 35.9 Å². The number of nitrogens with one attached hydrogen (secondary N) is 2. The fraction of sp³-hybridized carbons (Fsp3) is 0.150. The molecule has 2 aromatic carbocycles. The number of carbonyl (C=O) groups is 2. The summed E-state index contributed by atoms with van der Waals surface area (Å²) in [6.07, 6.45) is 2.68. The highest BCUT2D eigenvalue weighted by Gasteiger charge is 2.13.